The molecule has 0 N–H and O–H groups in total. The molecule has 3 rings (SSSR count). The number of aryl methyl sites for hydroxylation is 4. The SMILES string of the molecule is CCCc1cccc(CCC)c1N=C(C)c1cc(Cl)cc(C(C)=Nc2c(CCC)cccc2CCC)n1.[Cl-].[Cl-].[V+2]. The van der Waals surface area contributed by atoms with Crippen molar-refractivity contribution in [1.29, 1.82) is 0 Å². The number of benzene rings is 2. The van der Waals surface area contributed by atoms with Gasteiger partial charge in [-0.25, -0.2) is 4.98 Å². The molecule has 0 aliphatic carbocycles. The number of hydrogen-bond donors (Lipinski definition) is 0. The number of aliphatic imine (C=N–C) groups is 2. The van der Waals surface area contributed by atoms with Gasteiger partial charge in [-0.2, -0.15) is 0 Å². The Hall–Kier alpha value is -1.62. The van der Waals surface area contributed by atoms with Crippen molar-refractivity contribution in [3.8, 4) is 0 Å². The number of halogens is 3. The fraction of sp³-hybridized carbons (Fsp3) is 0.424. The van der Waals surface area contributed by atoms with Crippen LogP contribution in [0.2, 0.25) is 5.02 Å². The number of para-hydroxylation sites is 2. The standard InChI is InChI=1S/C33H42ClN3.2ClH.V/c1-7-13-25-17-11-18-26(14-8-2)32(25)35-23(5)30-21-29(34)22-31(37-30)24(6)36-33-27(15-9-3)19-12-20-28(33)16-10-4;;;/h11-12,17-22H,7-10,13-16H2,1-6H3;2*1H;/q;;;+2/p-2. The number of aromatic nitrogens is 1. The molecule has 0 saturated carbocycles. The molecule has 1 aromatic heterocycles. The number of pyridine rings is 1. The Balaban J connectivity index is 0.00000507. The Kier molecular flexibility index (Phi) is 18.7. The first-order valence-electron chi connectivity index (χ1n) is 13.9. The predicted octanol–water partition coefficient (Wildman–Crippen LogP) is 3.83. The fourth-order valence-corrected chi connectivity index (χ4v) is 4.99. The van der Waals surface area contributed by atoms with Gasteiger partial charge >= 0.3 is 18.6 Å². The van der Waals surface area contributed by atoms with Crippen LogP contribution in [0, 0.1) is 0 Å². The molecule has 215 valence electrons. The van der Waals surface area contributed by atoms with E-state index in [2.05, 4.69) is 64.1 Å². The zero-order valence-corrected chi connectivity index (χ0v) is 28.4. The Morgan fingerprint density at radius 3 is 1.20 bits per heavy atom. The van der Waals surface area contributed by atoms with Crippen molar-refractivity contribution in [3.05, 3.63) is 87.2 Å². The molecule has 2 aromatic carbocycles. The summed E-state index contributed by atoms with van der Waals surface area (Å²) < 4.78 is 0. The molecule has 3 nitrogen and oxygen atoms in total. The summed E-state index contributed by atoms with van der Waals surface area (Å²) in [6, 6.07) is 16.9. The summed E-state index contributed by atoms with van der Waals surface area (Å²) in [4.78, 5) is 15.2. The second-order valence-electron chi connectivity index (χ2n) is 9.80. The topological polar surface area (TPSA) is 37.6 Å². The van der Waals surface area contributed by atoms with Crippen molar-refractivity contribution in [3.63, 3.8) is 0 Å². The van der Waals surface area contributed by atoms with Crippen LogP contribution in [0.25, 0.3) is 0 Å². The quantitative estimate of drug-likeness (QED) is 0.278. The molecule has 0 unspecified atom stereocenters. The number of rotatable bonds is 12. The smallest absolute Gasteiger partial charge is 1.00 e. The van der Waals surface area contributed by atoms with Crippen LogP contribution in [0.1, 0.15) is 101 Å². The van der Waals surface area contributed by atoms with Crippen LogP contribution in [-0.2, 0) is 44.2 Å². The van der Waals surface area contributed by atoms with Gasteiger partial charge in [-0.15, -0.1) is 0 Å². The Bertz CT molecular complexity index is 1130. The molecular weight excluding hydrogens is 596 g/mol. The van der Waals surface area contributed by atoms with Crippen molar-refractivity contribution in [2.24, 2.45) is 9.98 Å². The summed E-state index contributed by atoms with van der Waals surface area (Å²) in [6.45, 7) is 12.9. The second-order valence-corrected chi connectivity index (χ2v) is 10.2. The van der Waals surface area contributed by atoms with Crippen LogP contribution in [0.4, 0.5) is 11.4 Å². The number of hydrogen-bond acceptors (Lipinski definition) is 3. The van der Waals surface area contributed by atoms with E-state index in [4.69, 9.17) is 26.6 Å². The minimum atomic E-state index is 0. The van der Waals surface area contributed by atoms with E-state index >= 15 is 0 Å². The van der Waals surface area contributed by atoms with E-state index in [0.717, 1.165) is 85.6 Å². The summed E-state index contributed by atoms with van der Waals surface area (Å²) in [5.41, 5.74) is 10.7. The minimum absolute atomic E-state index is 0. The molecule has 0 fully saturated rings. The van der Waals surface area contributed by atoms with Crippen molar-refractivity contribution >= 4 is 34.4 Å². The predicted molar refractivity (Wildman–Crippen MR) is 162 cm³/mol. The number of nitrogens with zero attached hydrogens (tertiary/aromatic N) is 3. The van der Waals surface area contributed by atoms with E-state index in [1.807, 2.05) is 26.0 Å². The van der Waals surface area contributed by atoms with Gasteiger partial charge in [0, 0.05) is 5.02 Å². The van der Waals surface area contributed by atoms with E-state index in [0.29, 0.717) is 5.02 Å². The van der Waals surface area contributed by atoms with Gasteiger partial charge < -0.3 is 24.8 Å². The van der Waals surface area contributed by atoms with Gasteiger partial charge in [-0.3, -0.25) is 9.98 Å². The van der Waals surface area contributed by atoms with Crippen molar-refractivity contribution < 1.29 is 43.4 Å². The van der Waals surface area contributed by atoms with Crippen molar-refractivity contribution in [2.75, 3.05) is 0 Å². The average Bonchev–Trinajstić information content (AvgIpc) is 2.87. The van der Waals surface area contributed by atoms with E-state index < -0.39 is 0 Å². The zero-order valence-electron chi connectivity index (χ0n) is 24.7. The van der Waals surface area contributed by atoms with E-state index in [-0.39, 0.29) is 43.4 Å². The van der Waals surface area contributed by atoms with Crippen LogP contribution >= 0.6 is 11.6 Å². The van der Waals surface area contributed by atoms with E-state index in [1.165, 1.54) is 22.3 Å². The third-order valence-corrected chi connectivity index (χ3v) is 6.79. The summed E-state index contributed by atoms with van der Waals surface area (Å²) in [6.07, 6.45) is 8.42. The van der Waals surface area contributed by atoms with Gasteiger partial charge in [0.15, 0.2) is 0 Å². The van der Waals surface area contributed by atoms with Gasteiger partial charge in [-0.1, -0.05) is 101 Å². The molecule has 7 heteroatoms. The normalized spacial score (nSPS) is 11.4. The van der Waals surface area contributed by atoms with Crippen LogP contribution in [-0.4, -0.2) is 16.4 Å². The zero-order chi connectivity index (χ0) is 26.8. The molecule has 1 heterocycles. The molecule has 0 aliphatic heterocycles. The molecule has 0 aliphatic rings. The molecule has 3 aromatic rings. The fourth-order valence-electron chi connectivity index (χ4n) is 4.78. The Morgan fingerprint density at radius 1 is 0.625 bits per heavy atom. The molecule has 0 saturated heterocycles. The molecule has 0 spiro atoms. The summed E-state index contributed by atoms with van der Waals surface area (Å²) >= 11 is 6.62. The molecular formula is C33H42Cl3N3V. The van der Waals surface area contributed by atoms with Gasteiger partial charge in [0.1, 0.15) is 0 Å². The third kappa shape index (κ3) is 10.3. The maximum absolute atomic E-state index is 6.62. The Labute approximate surface area is 271 Å². The largest absolute Gasteiger partial charge is 2.00 e. The molecule has 0 bridgehead atoms. The summed E-state index contributed by atoms with van der Waals surface area (Å²) in [5.74, 6) is 0. The monoisotopic (exact) mass is 636 g/mol. The second kappa shape index (κ2) is 19.5. The van der Waals surface area contributed by atoms with Gasteiger partial charge in [-0.05, 0) is 73.9 Å². The van der Waals surface area contributed by atoms with Crippen molar-refractivity contribution in [2.45, 2.75) is 92.9 Å². The van der Waals surface area contributed by atoms with Gasteiger partial charge in [0.05, 0.1) is 34.2 Å². The molecule has 1 radical (unpaired) electrons. The average molecular weight is 638 g/mol. The third-order valence-electron chi connectivity index (χ3n) is 6.57. The minimum Gasteiger partial charge on any atom is -1.00 e. The van der Waals surface area contributed by atoms with Crippen molar-refractivity contribution in [1.82, 2.24) is 4.98 Å². The molecule has 40 heavy (non-hydrogen) atoms. The van der Waals surface area contributed by atoms with Crippen LogP contribution in [0.5, 0.6) is 0 Å². The van der Waals surface area contributed by atoms with Crippen LogP contribution < -0.4 is 24.8 Å². The first-order chi connectivity index (χ1) is 17.9. The van der Waals surface area contributed by atoms with E-state index in [9.17, 15) is 0 Å². The van der Waals surface area contributed by atoms with E-state index in [1.54, 1.807) is 0 Å². The maximum atomic E-state index is 6.62. The summed E-state index contributed by atoms with van der Waals surface area (Å²) in [7, 11) is 0. The molecule has 0 atom stereocenters. The molecule has 0 amide bonds. The van der Waals surface area contributed by atoms with Crippen LogP contribution in [0.3, 0.4) is 0 Å². The Morgan fingerprint density at radius 2 is 0.925 bits per heavy atom. The summed E-state index contributed by atoms with van der Waals surface area (Å²) in [5, 5.41) is 0.648. The first-order valence-corrected chi connectivity index (χ1v) is 14.3. The van der Waals surface area contributed by atoms with Gasteiger partial charge in [0.2, 0.25) is 0 Å². The van der Waals surface area contributed by atoms with Gasteiger partial charge in [0.25, 0.3) is 0 Å². The maximum Gasteiger partial charge on any atom is 2.00 e. The first kappa shape index (κ1) is 38.4. The van der Waals surface area contributed by atoms with Crippen LogP contribution in [0.15, 0.2) is 58.5 Å².